The Hall–Kier alpha value is -1.66. The number of esters is 1. The molecular formula is C72H139NO5. The van der Waals surface area contributed by atoms with Crippen molar-refractivity contribution in [3.63, 3.8) is 0 Å². The summed E-state index contributed by atoms with van der Waals surface area (Å²) in [5.41, 5.74) is 0. The van der Waals surface area contributed by atoms with Crippen molar-refractivity contribution >= 4 is 11.9 Å². The summed E-state index contributed by atoms with van der Waals surface area (Å²) >= 11 is 0. The van der Waals surface area contributed by atoms with Gasteiger partial charge < -0.3 is 20.3 Å². The average molecular weight is 1100 g/mol. The second-order valence-electron chi connectivity index (χ2n) is 24.6. The van der Waals surface area contributed by atoms with Gasteiger partial charge in [0, 0.05) is 12.8 Å². The molecule has 0 aliphatic heterocycles. The number of ether oxygens (including phenoxy) is 1. The Morgan fingerprint density at radius 1 is 0.346 bits per heavy atom. The predicted octanol–water partition coefficient (Wildman–Crippen LogP) is 22.9. The van der Waals surface area contributed by atoms with Gasteiger partial charge in [-0.15, -0.1) is 0 Å². The molecule has 2 unspecified atom stereocenters. The zero-order chi connectivity index (χ0) is 56.4. The summed E-state index contributed by atoms with van der Waals surface area (Å²) in [5.74, 6) is -0.0478. The monoisotopic (exact) mass is 1100 g/mol. The minimum atomic E-state index is -0.845. The number of aliphatic hydroxyl groups excluding tert-OH is 2. The maximum Gasteiger partial charge on any atom is 0.305 e. The van der Waals surface area contributed by atoms with Gasteiger partial charge in [0.1, 0.15) is 0 Å². The average Bonchev–Trinajstić information content (AvgIpc) is 3.44. The fraction of sp³-hybridized carbons (Fsp3) is 0.917. The molecule has 0 rings (SSSR count). The summed E-state index contributed by atoms with van der Waals surface area (Å²) in [5, 5.41) is 23.3. The first-order chi connectivity index (χ1) is 38.5. The molecule has 0 saturated heterocycles. The zero-order valence-electron chi connectivity index (χ0n) is 52.9. The van der Waals surface area contributed by atoms with Gasteiger partial charge in [0.05, 0.1) is 25.4 Å². The van der Waals surface area contributed by atoms with Crippen molar-refractivity contribution < 1.29 is 24.5 Å². The van der Waals surface area contributed by atoms with E-state index in [2.05, 4.69) is 31.3 Å². The van der Waals surface area contributed by atoms with Gasteiger partial charge in [-0.05, 0) is 57.8 Å². The molecule has 0 radical (unpaired) electrons. The van der Waals surface area contributed by atoms with Crippen molar-refractivity contribution in [2.75, 3.05) is 13.2 Å². The van der Waals surface area contributed by atoms with E-state index in [-0.39, 0.29) is 18.5 Å². The summed E-state index contributed by atoms with van der Waals surface area (Å²) in [6.45, 7) is 4.94. The van der Waals surface area contributed by atoms with E-state index >= 15 is 0 Å². The van der Waals surface area contributed by atoms with Crippen LogP contribution >= 0.6 is 0 Å². The first kappa shape index (κ1) is 76.3. The highest BCUT2D eigenvalue weighted by Crippen LogP contribution is 2.19. The second-order valence-corrected chi connectivity index (χ2v) is 24.6. The topological polar surface area (TPSA) is 95.9 Å². The largest absolute Gasteiger partial charge is 0.466 e. The molecule has 0 bridgehead atoms. The molecule has 6 nitrogen and oxygen atoms in total. The lowest BCUT2D eigenvalue weighted by atomic mass is 10.0. The fourth-order valence-corrected chi connectivity index (χ4v) is 11.3. The number of carbonyl (C=O) groups is 2. The molecule has 2 atom stereocenters. The lowest BCUT2D eigenvalue weighted by Gasteiger charge is -2.20. The van der Waals surface area contributed by atoms with Gasteiger partial charge in [0.25, 0.3) is 0 Å². The Morgan fingerprint density at radius 2 is 0.603 bits per heavy atom. The molecule has 3 N–H and O–H groups in total. The van der Waals surface area contributed by atoms with Crippen LogP contribution in [0.2, 0.25) is 0 Å². The van der Waals surface area contributed by atoms with Crippen LogP contribution in [0.15, 0.2) is 24.3 Å². The molecule has 0 spiro atoms. The number of amides is 1. The minimum Gasteiger partial charge on any atom is -0.466 e. The number of carbonyl (C=O) groups excluding carboxylic acids is 2. The number of rotatable bonds is 67. The van der Waals surface area contributed by atoms with Crippen molar-refractivity contribution in [3.05, 3.63) is 24.3 Å². The summed E-state index contributed by atoms with van der Waals surface area (Å²) < 4.78 is 5.47. The smallest absolute Gasteiger partial charge is 0.305 e. The zero-order valence-corrected chi connectivity index (χ0v) is 52.9. The van der Waals surface area contributed by atoms with E-state index in [0.717, 1.165) is 38.5 Å². The van der Waals surface area contributed by atoms with Crippen LogP contribution < -0.4 is 5.32 Å². The van der Waals surface area contributed by atoms with E-state index in [4.69, 9.17) is 4.74 Å². The number of allylic oxidation sites excluding steroid dienone is 3. The van der Waals surface area contributed by atoms with Gasteiger partial charge in [-0.2, -0.15) is 0 Å². The van der Waals surface area contributed by atoms with Gasteiger partial charge in [0.15, 0.2) is 0 Å². The van der Waals surface area contributed by atoms with Gasteiger partial charge >= 0.3 is 5.97 Å². The number of hydrogen-bond donors (Lipinski definition) is 3. The molecule has 0 aromatic heterocycles. The molecule has 0 aliphatic rings. The van der Waals surface area contributed by atoms with Crippen LogP contribution in [0.3, 0.4) is 0 Å². The molecule has 1 amide bonds. The van der Waals surface area contributed by atoms with Crippen LogP contribution in [-0.4, -0.2) is 47.4 Å². The lowest BCUT2D eigenvalue weighted by molar-refractivity contribution is -0.143. The Kier molecular flexibility index (Phi) is 66.4. The van der Waals surface area contributed by atoms with Crippen LogP contribution in [-0.2, 0) is 14.3 Å². The van der Waals surface area contributed by atoms with Crippen molar-refractivity contribution in [1.82, 2.24) is 5.32 Å². The van der Waals surface area contributed by atoms with E-state index < -0.39 is 12.1 Å². The van der Waals surface area contributed by atoms with Gasteiger partial charge in [-0.3, -0.25) is 9.59 Å². The van der Waals surface area contributed by atoms with Gasteiger partial charge in [-0.25, -0.2) is 0 Å². The minimum absolute atomic E-state index is 0.0158. The summed E-state index contributed by atoms with van der Waals surface area (Å²) in [6.07, 6.45) is 85.5. The first-order valence-corrected chi connectivity index (χ1v) is 35.6. The molecule has 0 saturated carbocycles. The van der Waals surface area contributed by atoms with E-state index in [1.165, 1.54) is 334 Å². The van der Waals surface area contributed by atoms with Crippen LogP contribution in [0, 0.1) is 0 Å². The van der Waals surface area contributed by atoms with Gasteiger partial charge in [0.2, 0.25) is 5.91 Å². The molecule has 0 aliphatic carbocycles. The maximum absolute atomic E-state index is 12.5. The van der Waals surface area contributed by atoms with Crippen LogP contribution in [0.4, 0.5) is 0 Å². The Bertz CT molecular complexity index is 1220. The highest BCUT2D eigenvalue weighted by molar-refractivity contribution is 5.76. The number of nitrogens with one attached hydrogen (secondary N) is 1. The van der Waals surface area contributed by atoms with Crippen LogP contribution in [0.1, 0.15) is 399 Å². The third-order valence-electron chi connectivity index (χ3n) is 16.7. The Balaban J connectivity index is 3.41. The SMILES string of the molecule is CCCCCCCCCCCCCCCCCCCCCC/C=C/C(O)C(CO)NC(=O)CCCCCCCCCCCCCC/C=C\CCCCCCCCCCCCCCOC(=O)CCCCCCCCCCCCC. The van der Waals surface area contributed by atoms with Crippen LogP contribution in [0.5, 0.6) is 0 Å². The highest BCUT2D eigenvalue weighted by atomic mass is 16.5. The molecule has 6 heteroatoms. The number of aliphatic hydroxyl groups is 2. The molecular weight excluding hydrogens is 959 g/mol. The molecule has 0 aromatic carbocycles. The third-order valence-corrected chi connectivity index (χ3v) is 16.7. The van der Waals surface area contributed by atoms with Crippen molar-refractivity contribution in [3.8, 4) is 0 Å². The van der Waals surface area contributed by atoms with Gasteiger partial charge in [-0.1, -0.05) is 353 Å². The summed E-state index contributed by atoms with van der Waals surface area (Å²) in [6, 6.07) is -0.629. The molecule has 0 aromatic rings. The molecule has 0 heterocycles. The quantitative estimate of drug-likeness (QED) is 0.0320. The Morgan fingerprint density at radius 3 is 0.910 bits per heavy atom. The first-order valence-electron chi connectivity index (χ1n) is 35.6. The standard InChI is InChI=1S/C72H139NO5/c1-3-5-7-9-11-13-15-16-17-18-19-20-29-32-35-38-41-45-48-52-56-60-64-70(75)69(68-74)73-71(76)65-61-57-53-49-46-42-39-36-33-30-27-25-23-21-22-24-26-28-31-34-37-40-43-47-51-55-59-63-67-78-72(77)66-62-58-54-50-44-14-12-10-8-6-4-2/h21-22,60,64,69-70,74-75H,3-20,23-59,61-63,65-68H2,1-2H3,(H,73,76)/b22-21-,64-60+. The van der Waals surface area contributed by atoms with Crippen LogP contribution in [0.25, 0.3) is 0 Å². The third kappa shape index (κ3) is 63.5. The maximum atomic E-state index is 12.5. The van der Waals surface area contributed by atoms with E-state index in [9.17, 15) is 19.8 Å². The van der Waals surface area contributed by atoms with E-state index in [1.54, 1.807) is 6.08 Å². The fourth-order valence-electron chi connectivity index (χ4n) is 11.3. The van der Waals surface area contributed by atoms with E-state index in [0.29, 0.717) is 19.4 Å². The van der Waals surface area contributed by atoms with Crippen molar-refractivity contribution in [2.45, 2.75) is 411 Å². The Labute approximate surface area is 488 Å². The summed E-state index contributed by atoms with van der Waals surface area (Å²) in [4.78, 5) is 24.5. The van der Waals surface area contributed by atoms with Crippen molar-refractivity contribution in [1.29, 1.82) is 0 Å². The van der Waals surface area contributed by atoms with Crippen molar-refractivity contribution in [2.24, 2.45) is 0 Å². The molecule has 78 heavy (non-hydrogen) atoms. The molecule has 462 valence electrons. The highest BCUT2D eigenvalue weighted by Gasteiger charge is 2.18. The number of unbranched alkanes of at least 4 members (excludes halogenated alkanes) is 54. The number of hydrogen-bond acceptors (Lipinski definition) is 5. The predicted molar refractivity (Wildman–Crippen MR) is 343 cm³/mol. The normalized spacial score (nSPS) is 12.6. The second kappa shape index (κ2) is 67.8. The molecule has 0 fully saturated rings. The lowest BCUT2D eigenvalue weighted by Crippen LogP contribution is -2.45. The van der Waals surface area contributed by atoms with E-state index in [1.807, 2.05) is 6.08 Å². The summed E-state index contributed by atoms with van der Waals surface area (Å²) in [7, 11) is 0.